The van der Waals surface area contributed by atoms with Crippen LogP contribution in [-0.4, -0.2) is 59.0 Å². The summed E-state index contributed by atoms with van der Waals surface area (Å²) in [6.45, 7) is 3.02. The summed E-state index contributed by atoms with van der Waals surface area (Å²) in [5, 5.41) is 7.62. The largest absolute Gasteiger partial charge is 0.385 e. The van der Waals surface area contributed by atoms with Gasteiger partial charge >= 0.3 is 7.60 Å². The Kier molecular flexibility index (Phi) is 6.70. The number of ether oxygens (including phenoxy) is 1. The molecule has 0 bridgehead atoms. The summed E-state index contributed by atoms with van der Waals surface area (Å²) < 4.78 is 15.8. The molecule has 98 valence electrons. The second-order valence-electron chi connectivity index (χ2n) is 4.16. The minimum Gasteiger partial charge on any atom is -0.385 e. The summed E-state index contributed by atoms with van der Waals surface area (Å²) in [5.74, 6) is 0. The average molecular weight is 255 g/mol. The van der Waals surface area contributed by atoms with E-state index in [1.165, 1.54) is 0 Å². The molecule has 0 aromatic heterocycles. The van der Waals surface area contributed by atoms with Crippen molar-refractivity contribution in [1.82, 2.24) is 4.90 Å². The van der Waals surface area contributed by atoms with Crippen molar-refractivity contribution in [2.75, 3.05) is 33.9 Å². The van der Waals surface area contributed by atoms with E-state index in [-0.39, 0.29) is 6.42 Å². The summed E-state index contributed by atoms with van der Waals surface area (Å²) in [7, 11) is -0.990. The van der Waals surface area contributed by atoms with Gasteiger partial charge in [0.1, 0.15) is 0 Å². The van der Waals surface area contributed by atoms with Crippen LogP contribution in [-0.2, 0) is 9.30 Å². The predicted octanol–water partition coefficient (Wildman–Crippen LogP) is 0.231. The van der Waals surface area contributed by atoms with Gasteiger partial charge in [0.05, 0.1) is 0 Å². The van der Waals surface area contributed by atoms with Crippen LogP contribution in [0.5, 0.6) is 0 Å². The molecule has 0 aromatic carbocycles. The van der Waals surface area contributed by atoms with Gasteiger partial charge in [-0.25, -0.2) is 0 Å². The van der Waals surface area contributed by atoms with Crippen LogP contribution < -0.4 is 0 Å². The van der Waals surface area contributed by atoms with E-state index >= 15 is 0 Å². The van der Waals surface area contributed by atoms with Crippen molar-refractivity contribution in [3.8, 4) is 0 Å². The molecule has 0 rings (SSSR count). The molecule has 3 N–H and O–H groups in total. The second kappa shape index (κ2) is 6.69. The topological polar surface area (TPSA) is 90.2 Å². The molecule has 0 fully saturated rings. The molecule has 7 heteroatoms. The van der Waals surface area contributed by atoms with Crippen molar-refractivity contribution in [2.24, 2.45) is 0 Å². The molecular formula is C9H22NO5P. The van der Waals surface area contributed by atoms with Gasteiger partial charge in [0.25, 0.3) is 0 Å². The maximum Gasteiger partial charge on any atom is 0.356 e. The van der Waals surface area contributed by atoms with Crippen molar-refractivity contribution in [1.29, 1.82) is 0 Å². The van der Waals surface area contributed by atoms with Gasteiger partial charge in [0, 0.05) is 33.2 Å². The van der Waals surface area contributed by atoms with Crippen molar-refractivity contribution in [2.45, 2.75) is 25.1 Å². The standard InChI is InChI=1S/C9H22NO5P/c1-9(11,16(12,13)14)5-7-10(2)6-4-8-15-3/h11H,4-8H2,1-3H3,(H2,12,13,14). The highest BCUT2D eigenvalue weighted by Gasteiger charge is 2.39. The minimum atomic E-state index is -4.45. The molecule has 6 nitrogen and oxygen atoms in total. The van der Waals surface area contributed by atoms with E-state index in [0.717, 1.165) is 19.9 Å². The fraction of sp³-hybridized carbons (Fsp3) is 1.00. The molecule has 0 saturated heterocycles. The van der Waals surface area contributed by atoms with Crippen LogP contribution in [0.15, 0.2) is 0 Å². The first kappa shape index (κ1) is 16.0. The molecule has 0 aliphatic rings. The summed E-state index contributed by atoms with van der Waals surface area (Å²) in [6, 6.07) is 0. The smallest absolute Gasteiger partial charge is 0.356 e. The normalized spacial score (nSPS) is 16.4. The molecule has 1 unspecified atom stereocenters. The molecule has 0 saturated carbocycles. The Bertz CT molecular complexity index is 240. The summed E-state index contributed by atoms with van der Waals surface area (Å²) in [4.78, 5) is 19.7. The van der Waals surface area contributed by atoms with Gasteiger partial charge in [-0.05, 0) is 20.4 Å². The number of aliphatic hydroxyl groups is 1. The van der Waals surface area contributed by atoms with Crippen LogP contribution in [0.4, 0.5) is 0 Å². The Morgan fingerprint density at radius 2 is 1.94 bits per heavy atom. The first-order valence-corrected chi connectivity index (χ1v) is 6.77. The molecular weight excluding hydrogens is 233 g/mol. The van der Waals surface area contributed by atoms with E-state index in [2.05, 4.69) is 0 Å². The van der Waals surface area contributed by atoms with Gasteiger partial charge in [-0.1, -0.05) is 0 Å². The zero-order valence-electron chi connectivity index (χ0n) is 10.1. The number of rotatable bonds is 8. The molecule has 0 aliphatic carbocycles. The number of methoxy groups -OCH3 is 1. The number of hydrogen-bond acceptors (Lipinski definition) is 4. The number of nitrogens with zero attached hydrogens (tertiary/aromatic N) is 1. The lowest BCUT2D eigenvalue weighted by molar-refractivity contribution is 0.0876. The van der Waals surface area contributed by atoms with Crippen LogP contribution in [0, 0.1) is 0 Å². The highest BCUT2D eigenvalue weighted by atomic mass is 31.2. The maximum absolute atomic E-state index is 10.9. The molecule has 0 aromatic rings. The van der Waals surface area contributed by atoms with Crippen molar-refractivity contribution < 1.29 is 24.2 Å². The third-order valence-electron chi connectivity index (χ3n) is 2.48. The third kappa shape index (κ3) is 5.94. The first-order chi connectivity index (χ1) is 7.20. The summed E-state index contributed by atoms with van der Waals surface area (Å²) >= 11 is 0. The second-order valence-corrected chi connectivity index (χ2v) is 6.21. The predicted molar refractivity (Wildman–Crippen MR) is 61.3 cm³/mol. The molecule has 1 atom stereocenters. The fourth-order valence-electron chi connectivity index (χ4n) is 1.14. The van der Waals surface area contributed by atoms with E-state index < -0.39 is 12.9 Å². The van der Waals surface area contributed by atoms with Crippen molar-refractivity contribution in [3.05, 3.63) is 0 Å². The van der Waals surface area contributed by atoms with Gasteiger partial charge in [0.15, 0.2) is 5.34 Å². The lowest BCUT2D eigenvalue weighted by Crippen LogP contribution is -2.31. The van der Waals surface area contributed by atoms with E-state index in [1.807, 2.05) is 11.9 Å². The van der Waals surface area contributed by atoms with E-state index in [4.69, 9.17) is 14.5 Å². The van der Waals surface area contributed by atoms with Crippen LogP contribution in [0.1, 0.15) is 19.8 Å². The van der Waals surface area contributed by atoms with Crippen molar-refractivity contribution in [3.63, 3.8) is 0 Å². The quantitative estimate of drug-likeness (QED) is 0.425. The highest BCUT2D eigenvalue weighted by Crippen LogP contribution is 2.50. The van der Waals surface area contributed by atoms with Gasteiger partial charge < -0.3 is 24.5 Å². The Balaban J connectivity index is 3.91. The van der Waals surface area contributed by atoms with Crippen LogP contribution in [0.25, 0.3) is 0 Å². The first-order valence-electron chi connectivity index (χ1n) is 5.16. The zero-order chi connectivity index (χ0) is 12.8. The van der Waals surface area contributed by atoms with Gasteiger partial charge in [0.2, 0.25) is 0 Å². The Morgan fingerprint density at radius 3 is 2.38 bits per heavy atom. The monoisotopic (exact) mass is 255 g/mol. The molecule has 0 aliphatic heterocycles. The van der Waals surface area contributed by atoms with E-state index in [9.17, 15) is 9.67 Å². The van der Waals surface area contributed by atoms with Gasteiger partial charge in [-0.3, -0.25) is 4.57 Å². The molecule has 0 radical (unpaired) electrons. The molecule has 0 amide bonds. The summed E-state index contributed by atoms with van der Waals surface area (Å²) in [5.41, 5.74) is 0. The van der Waals surface area contributed by atoms with Crippen LogP contribution in [0.3, 0.4) is 0 Å². The molecule has 0 heterocycles. The van der Waals surface area contributed by atoms with E-state index in [1.54, 1.807) is 7.11 Å². The molecule has 16 heavy (non-hydrogen) atoms. The van der Waals surface area contributed by atoms with Crippen LogP contribution >= 0.6 is 7.60 Å². The Morgan fingerprint density at radius 1 is 1.38 bits per heavy atom. The maximum atomic E-state index is 10.9. The lowest BCUT2D eigenvalue weighted by Gasteiger charge is -2.26. The minimum absolute atomic E-state index is 0.0424. The Labute approximate surface area is 96.4 Å². The third-order valence-corrected chi connectivity index (χ3v) is 3.96. The van der Waals surface area contributed by atoms with Gasteiger partial charge in [-0.2, -0.15) is 0 Å². The van der Waals surface area contributed by atoms with Crippen LogP contribution in [0.2, 0.25) is 0 Å². The van der Waals surface area contributed by atoms with Crippen molar-refractivity contribution >= 4 is 7.60 Å². The fourth-order valence-corrected chi connectivity index (χ4v) is 1.53. The van der Waals surface area contributed by atoms with E-state index in [0.29, 0.717) is 13.2 Å². The molecule has 0 spiro atoms. The average Bonchev–Trinajstić information content (AvgIpc) is 2.13. The number of hydrogen-bond donors (Lipinski definition) is 3. The Hall–Kier alpha value is 0.0300. The highest BCUT2D eigenvalue weighted by molar-refractivity contribution is 7.53. The lowest BCUT2D eigenvalue weighted by atomic mass is 10.2. The van der Waals surface area contributed by atoms with Gasteiger partial charge in [-0.15, -0.1) is 0 Å². The zero-order valence-corrected chi connectivity index (χ0v) is 11.0. The SMILES string of the molecule is COCCCN(C)CCC(C)(O)P(=O)(O)O. The summed E-state index contributed by atoms with van der Waals surface area (Å²) in [6.07, 6.45) is 0.895.